The Morgan fingerprint density at radius 1 is 1.00 bits per heavy atom. The summed E-state index contributed by atoms with van der Waals surface area (Å²) < 4.78 is 28.4. The highest BCUT2D eigenvalue weighted by Crippen LogP contribution is 2.27. The van der Waals surface area contributed by atoms with Crippen LogP contribution in [-0.2, 0) is 0 Å². The van der Waals surface area contributed by atoms with Gasteiger partial charge in [0.2, 0.25) is 0 Å². The van der Waals surface area contributed by atoms with Crippen LogP contribution in [0.4, 0.5) is 8.78 Å². The minimum absolute atomic E-state index is 0.171. The molecular weight excluding hydrogens is 312 g/mol. The minimum Gasteiger partial charge on any atom is -0.320 e. The Labute approximate surface area is 119 Å². The molecule has 0 aliphatic carbocycles. The number of hydrogen-bond acceptors (Lipinski definition) is 1. The van der Waals surface area contributed by atoms with Crippen molar-refractivity contribution >= 4 is 15.9 Å². The van der Waals surface area contributed by atoms with Crippen LogP contribution in [0.2, 0.25) is 0 Å². The molecule has 0 fully saturated rings. The van der Waals surface area contributed by atoms with Crippen LogP contribution in [0.15, 0.2) is 34.8 Å². The molecule has 1 nitrogen and oxygen atoms in total. The summed E-state index contributed by atoms with van der Waals surface area (Å²) in [6, 6.07) is 7.93. The van der Waals surface area contributed by atoms with Crippen LogP contribution in [0.5, 0.6) is 0 Å². The summed E-state index contributed by atoms with van der Waals surface area (Å²) in [5.74, 6) is -1.70. The molecular formula is C15H14BrF2N. The van der Waals surface area contributed by atoms with Gasteiger partial charge in [0.15, 0.2) is 11.6 Å². The van der Waals surface area contributed by atoms with E-state index in [1.807, 2.05) is 19.1 Å². The number of benzene rings is 2. The van der Waals surface area contributed by atoms with Crippen molar-refractivity contribution in [1.29, 1.82) is 0 Å². The quantitative estimate of drug-likeness (QED) is 0.870. The Balaban J connectivity index is 2.47. The summed E-state index contributed by atoms with van der Waals surface area (Å²) in [7, 11) is 0. The second-order valence-electron chi connectivity index (χ2n) is 4.59. The molecule has 0 aliphatic rings. The van der Waals surface area contributed by atoms with Crippen LogP contribution in [0.25, 0.3) is 0 Å². The average Bonchev–Trinajstić information content (AvgIpc) is 2.39. The smallest absolute Gasteiger partial charge is 0.164 e. The molecule has 100 valence electrons. The third-order valence-electron chi connectivity index (χ3n) is 3.18. The fourth-order valence-corrected chi connectivity index (χ4v) is 2.19. The summed E-state index contributed by atoms with van der Waals surface area (Å²) >= 11 is 3.40. The van der Waals surface area contributed by atoms with Gasteiger partial charge in [0.1, 0.15) is 0 Å². The molecule has 19 heavy (non-hydrogen) atoms. The third kappa shape index (κ3) is 2.69. The molecule has 0 radical (unpaired) electrons. The zero-order valence-corrected chi connectivity index (χ0v) is 12.3. The summed E-state index contributed by atoms with van der Waals surface area (Å²) in [4.78, 5) is 0. The second-order valence-corrected chi connectivity index (χ2v) is 5.44. The van der Waals surface area contributed by atoms with E-state index < -0.39 is 17.7 Å². The van der Waals surface area contributed by atoms with Gasteiger partial charge in [-0.15, -0.1) is 0 Å². The minimum atomic E-state index is -0.868. The molecule has 4 heteroatoms. The van der Waals surface area contributed by atoms with Crippen molar-refractivity contribution in [3.8, 4) is 0 Å². The van der Waals surface area contributed by atoms with E-state index in [0.29, 0.717) is 0 Å². The fourth-order valence-electron chi connectivity index (χ4n) is 1.94. The van der Waals surface area contributed by atoms with E-state index in [4.69, 9.17) is 5.73 Å². The number of rotatable bonds is 2. The standard InChI is InChI=1S/C15H14BrF2N/c1-8-3-5-11(14(18)13(8)17)15(19)10-4-6-12(16)9(2)7-10/h3-7,15H,19H2,1-2H3. The molecule has 2 rings (SSSR count). The zero-order valence-electron chi connectivity index (χ0n) is 10.7. The predicted molar refractivity (Wildman–Crippen MR) is 76.0 cm³/mol. The molecule has 0 spiro atoms. The maximum atomic E-state index is 13.9. The van der Waals surface area contributed by atoms with Crippen LogP contribution in [0.1, 0.15) is 28.3 Å². The second kappa shape index (κ2) is 5.39. The normalized spacial score (nSPS) is 12.5. The molecule has 1 unspecified atom stereocenters. The van der Waals surface area contributed by atoms with Gasteiger partial charge in [0.05, 0.1) is 6.04 Å². The van der Waals surface area contributed by atoms with Crippen LogP contribution >= 0.6 is 15.9 Å². The van der Waals surface area contributed by atoms with Crippen LogP contribution in [-0.4, -0.2) is 0 Å². The highest BCUT2D eigenvalue weighted by atomic mass is 79.9. The third-order valence-corrected chi connectivity index (χ3v) is 4.07. The van der Waals surface area contributed by atoms with Gasteiger partial charge < -0.3 is 5.73 Å². The number of hydrogen-bond donors (Lipinski definition) is 1. The van der Waals surface area contributed by atoms with Gasteiger partial charge in [-0.25, -0.2) is 8.78 Å². The lowest BCUT2D eigenvalue weighted by atomic mass is 9.96. The monoisotopic (exact) mass is 325 g/mol. The van der Waals surface area contributed by atoms with Gasteiger partial charge in [-0.05, 0) is 36.6 Å². The Bertz CT molecular complexity index is 626. The van der Waals surface area contributed by atoms with Gasteiger partial charge in [0, 0.05) is 10.0 Å². The first-order chi connectivity index (χ1) is 8.91. The maximum Gasteiger partial charge on any atom is 0.164 e. The number of nitrogens with two attached hydrogens (primary N) is 1. The molecule has 0 bridgehead atoms. The van der Waals surface area contributed by atoms with Crippen LogP contribution in [0.3, 0.4) is 0 Å². The van der Waals surface area contributed by atoms with Crippen molar-refractivity contribution in [3.63, 3.8) is 0 Å². The van der Waals surface area contributed by atoms with E-state index in [2.05, 4.69) is 15.9 Å². The number of halogens is 3. The van der Waals surface area contributed by atoms with Crippen LogP contribution in [0, 0.1) is 25.5 Å². The molecule has 0 aliphatic heterocycles. The molecule has 0 aromatic heterocycles. The topological polar surface area (TPSA) is 26.0 Å². The van der Waals surface area contributed by atoms with Crippen molar-refractivity contribution in [3.05, 3.63) is 68.7 Å². The lowest BCUT2D eigenvalue weighted by Gasteiger charge is -2.15. The zero-order chi connectivity index (χ0) is 14.2. The molecule has 2 aromatic carbocycles. The van der Waals surface area contributed by atoms with E-state index in [-0.39, 0.29) is 11.1 Å². The largest absolute Gasteiger partial charge is 0.320 e. The molecule has 1 atom stereocenters. The highest BCUT2D eigenvalue weighted by molar-refractivity contribution is 9.10. The maximum absolute atomic E-state index is 13.9. The lowest BCUT2D eigenvalue weighted by molar-refractivity contribution is 0.489. The SMILES string of the molecule is Cc1cc(C(N)c2ccc(C)c(F)c2F)ccc1Br. The van der Waals surface area contributed by atoms with E-state index in [1.165, 1.54) is 13.0 Å². The summed E-state index contributed by atoms with van der Waals surface area (Å²) in [6.45, 7) is 3.45. The van der Waals surface area contributed by atoms with Gasteiger partial charge in [0.25, 0.3) is 0 Å². The Hall–Kier alpha value is -1.26. The van der Waals surface area contributed by atoms with Gasteiger partial charge >= 0.3 is 0 Å². The van der Waals surface area contributed by atoms with Gasteiger partial charge in [-0.1, -0.05) is 40.2 Å². The van der Waals surface area contributed by atoms with Crippen LogP contribution < -0.4 is 5.73 Å². The molecule has 0 amide bonds. The van der Waals surface area contributed by atoms with Crippen molar-refractivity contribution in [2.24, 2.45) is 5.73 Å². The summed E-state index contributed by atoms with van der Waals surface area (Å²) in [6.07, 6.45) is 0. The molecule has 0 saturated heterocycles. The first kappa shape index (κ1) is 14.2. The van der Waals surface area contributed by atoms with E-state index in [0.717, 1.165) is 15.6 Å². The lowest BCUT2D eigenvalue weighted by Crippen LogP contribution is -2.15. The van der Waals surface area contributed by atoms with E-state index >= 15 is 0 Å². The Kier molecular flexibility index (Phi) is 4.02. The first-order valence-corrected chi connectivity index (χ1v) is 6.67. The Morgan fingerprint density at radius 2 is 1.68 bits per heavy atom. The highest BCUT2D eigenvalue weighted by Gasteiger charge is 2.18. The summed E-state index contributed by atoms with van der Waals surface area (Å²) in [5, 5.41) is 0. The Morgan fingerprint density at radius 3 is 2.32 bits per heavy atom. The van der Waals surface area contributed by atoms with Crippen molar-refractivity contribution in [1.82, 2.24) is 0 Å². The average molecular weight is 326 g/mol. The molecule has 2 N–H and O–H groups in total. The van der Waals surface area contributed by atoms with Crippen molar-refractivity contribution in [2.45, 2.75) is 19.9 Å². The van der Waals surface area contributed by atoms with Crippen molar-refractivity contribution in [2.75, 3.05) is 0 Å². The van der Waals surface area contributed by atoms with Gasteiger partial charge in [-0.3, -0.25) is 0 Å². The first-order valence-electron chi connectivity index (χ1n) is 5.88. The van der Waals surface area contributed by atoms with E-state index in [9.17, 15) is 8.78 Å². The van der Waals surface area contributed by atoms with Crippen molar-refractivity contribution < 1.29 is 8.78 Å². The number of aryl methyl sites for hydroxylation is 2. The summed E-state index contributed by atoms with van der Waals surface area (Å²) in [5.41, 5.74) is 8.24. The van der Waals surface area contributed by atoms with Gasteiger partial charge in [-0.2, -0.15) is 0 Å². The molecule has 2 aromatic rings. The molecule has 0 saturated carbocycles. The fraction of sp³-hybridized carbons (Fsp3) is 0.200. The molecule has 0 heterocycles. The predicted octanol–water partition coefficient (Wildman–Crippen LogP) is 4.39. The van der Waals surface area contributed by atoms with E-state index in [1.54, 1.807) is 12.1 Å².